The zero-order valence-electron chi connectivity index (χ0n) is 10.6. The molecule has 0 aliphatic carbocycles. The molecule has 0 bridgehead atoms. The van der Waals surface area contributed by atoms with E-state index in [-0.39, 0.29) is 5.91 Å². The summed E-state index contributed by atoms with van der Waals surface area (Å²) in [6.07, 6.45) is 3.25. The number of hydrogen-bond donors (Lipinski definition) is 2. The highest BCUT2D eigenvalue weighted by Crippen LogP contribution is 1.99. The second-order valence-electron chi connectivity index (χ2n) is 3.60. The fraction of sp³-hybridized carbons (Fsp3) is 0.909. The molecule has 0 aliphatic rings. The Morgan fingerprint density at radius 3 is 2.29 bits per heavy atom. The summed E-state index contributed by atoms with van der Waals surface area (Å²) in [5.74, 6) is 4.84. The van der Waals surface area contributed by atoms with E-state index in [0.29, 0.717) is 39.5 Å². The van der Waals surface area contributed by atoms with E-state index in [4.69, 9.17) is 20.1 Å². The number of hydrogen-bond acceptors (Lipinski definition) is 5. The number of carbonyl (C=O) groups excluding carboxylic acids is 1. The molecule has 0 aliphatic heterocycles. The van der Waals surface area contributed by atoms with Gasteiger partial charge in [0.15, 0.2) is 0 Å². The van der Waals surface area contributed by atoms with Crippen molar-refractivity contribution in [3.05, 3.63) is 0 Å². The molecule has 0 spiro atoms. The number of carbonyl (C=O) groups is 1. The van der Waals surface area contributed by atoms with Gasteiger partial charge in [-0.15, -0.1) is 0 Å². The molecule has 0 radical (unpaired) electrons. The minimum atomic E-state index is -0.113. The summed E-state index contributed by atoms with van der Waals surface area (Å²) in [5.41, 5.74) is 2.10. The summed E-state index contributed by atoms with van der Waals surface area (Å²) >= 11 is 0. The Labute approximate surface area is 103 Å². The molecule has 0 unspecified atom stereocenters. The third-order valence-corrected chi connectivity index (χ3v) is 2.16. The Balaban J connectivity index is 2.96. The number of nitrogens with two attached hydrogens (primary N) is 1. The van der Waals surface area contributed by atoms with Gasteiger partial charge >= 0.3 is 0 Å². The Morgan fingerprint density at radius 2 is 1.65 bits per heavy atom. The molecule has 0 aromatic rings. The molecule has 0 heterocycles. The number of methoxy groups -OCH3 is 1. The second-order valence-corrected chi connectivity index (χ2v) is 3.60. The third kappa shape index (κ3) is 13.2. The summed E-state index contributed by atoms with van der Waals surface area (Å²) in [5, 5.41) is 0. The molecule has 0 saturated heterocycles. The van der Waals surface area contributed by atoms with Gasteiger partial charge in [0.25, 0.3) is 0 Å². The molecule has 17 heavy (non-hydrogen) atoms. The van der Waals surface area contributed by atoms with Crippen LogP contribution < -0.4 is 11.3 Å². The lowest BCUT2D eigenvalue weighted by Gasteiger charge is -2.05. The zero-order valence-corrected chi connectivity index (χ0v) is 10.6. The van der Waals surface area contributed by atoms with Gasteiger partial charge in [-0.2, -0.15) is 0 Å². The van der Waals surface area contributed by atoms with Crippen LogP contribution in [0.5, 0.6) is 0 Å². The monoisotopic (exact) mass is 248 g/mol. The number of rotatable bonds is 12. The number of amides is 1. The number of unbranched alkanes of at least 4 members (excludes halogenated alkanes) is 2. The lowest BCUT2D eigenvalue weighted by atomic mass is 10.2. The Bertz CT molecular complexity index is 179. The first-order valence-corrected chi connectivity index (χ1v) is 5.95. The minimum absolute atomic E-state index is 0.113. The van der Waals surface area contributed by atoms with Crippen LogP contribution in [0.3, 0.4) is 0 Å². The molecular weight excluding hydrogens is 224 g/mol. The SMILES string of the molecule is COCCOCCOCCCCCC(=O)NN. The molecule has 3 N–H and O–H groups in total. The molecule has 0 saturated carbocycles. The van der Waals surface area contributed by atoms with Gasteiger partial charge in [0.1, 0.15) is 0 Å². The maximum Gasteiger partial charge on any atom is 0.233 e. The average molecular weight is 248 g/mol. The summed E-state index contributed by atoms with van der Waals surface area (Å²) in [7, 11) is 1.64. The Hall–Kier alpha value is -0.690. The van der Waals surface area contributed by atoms with Gasteiger partial charge in [0, 0.05) is 20.1 Å². The van der Waals surface area contributed by atoms with E-state index in [0.717, 1.165) is 19.3 Å². The number of nitrogens with one attached hydrogen (secondary N) is 1. The Morgan fingerprint density at radius 1 is 1.00 bits per heavy atom. The summed E-state index contributed by atoms with van der Waals surface area (Å²) < 4.78 is 15.4. The van der Waals surface area contributed by atoms with Crippen molar-refractivity contribution in [3.8, 4) is 0 Å². The number of hydrazine groups is 1. The van der Waals surface area contributed by atoms with Crippen molar-refractivity contribution in [2.75, 3.05) is 40.1 Å². The third-order valence-electron chi connectivity index (χ3n) is 2.16. The summed E-state index contributed by atoms with van der Waals surface area (Å²) in [4.78, 5) is 10.8. The van der Waals surface area contributed by atoms with E-state index < -0.39 is 0 Å². The first-order valence-electron chi connectivity index (χ1n) is 5.95. The van der Waals surface area contributed by atoms with Crippen molar-refractivity contribution in [2.24, 2.45) is 5.84 Å². The zero-order chi connectivity index (χ0) is 12.8. The quantitative estimate of drug-likeness (QED) is 0.223. The number of ether oxygens (including phenoxy) is 3. The van der Waals surface area contributed by atoms with Crippen molar-refractivity contribution in [1.29, 1.82) is 0 Å². The summed E-state index contributed by atoms with van der Waals surface area (Å²) in [6, 6.07) is 0. The predicted octanol–water partition coefficient (Wildman–Crippen LogP) is 0.216. The first kappa shape index (κ1) is 16.3. The standard InChI is InChI=1S/C11H24N2O4/c1-15-7-8-17-10-9-16-6-4-2-3-5-11(14)13-12/h2-10,12H2,1H3,(H,13,14). The topological polar surface area (TPSA) is 82.8 Å². The van der Waals surface area contributed by atoms with E-state index in [1.54, 1.807) is 7.11 Å². The van der Waals surface area contributed by atoms with Crippen LogP contribution in [0, 0.1) is 0 Å². The van der Waals surface area contributed by atoms with Crippen LogP contribution in [0.1, 0.15) is 25.7 Å². The van der Waals surface area contributed by atoms with Gasteiger partial charge in [-0.3, -0.25) is 10.2 Å². The van der Waals surface area contributed by atoms with Gasteiger partial charge in [-0.1, -0.05) is 6.42 Å². The van der Waals surface area contributed by atoms with Crippen LogP contribution in [0.2, 0.25) is 0 Å². The molecular formula is C11H24N2O4. The molecule has 6 nitrogen and oxygen atoms in total. The smallest absolute Gasteiger partial charge is 0.233 e. The van der Waals surface area contributed by atoms with Crippen molar-refractivity contribution >= 4 is 5.91 Å². The summed E-state index contributed by atoms with van der Waals surface area (Å²) in [6.45, 7) is 3.13. The fourth-order valence-electron chi connectivity index (χ4n) is 1.20. The van der Waals surface area contributed by atoms with Crippen molar-refractivity contribution in [3.63, 3.8) is 0 Å². The maximum absolute atomic E-state index is 10.8. The maximum atomic E-state index is 10.8. The molecule has 0 fully saturated rings. The molecule has 102 valence electrons. The van der Waals surface area contributed by atoms with Gasteiger partial charge in [-0.25, -0.2) is 5.84 Å². The van der Waals surface area contributed by atoms with Crippen LogP contribution in [0.25, 0.3) is 0 Å². The first-order chi connectivity index (χ1) is 8.31. The van der Waals surface area contributed by atoms with E-state index in [2.05, 4.69) is 5.43 Å². The average Bonchev–Trinajstić information content (AvgIpc) is 2.35. The second kappa shape index (κ2) is 13.4. The highest BCUT2D eigenvalue weighted by atomic mass is 16.5. The lowest BCUT2D eigenvalue weighted by Crippen LogP contribution is -2.29. The molecule has 0 aromatic carbocycles. The van der Waals surface area contributed by atoms with Gasteiger partial charge < -0.3 is 14.2 Å². The Kier molecular flexibility index (Phi) is 12.8. The normalized spacial score (nSPS) is 10.5. The van der Waals surface area contributed by atoms with E-state index in [1.165, 1.54) is 0 Å². The van der Waals surface area contributed by atoms with E-state index in [9.17, 15) is 4.79 Å². The minimum Gasteiger partial charge on any atom is -0.382 e. The van der Waals surface area contributed by atoms with Crippen LogP contribution in [-0.2, 0) is 19.0 Å². The van der Waals surface area contributed by atoms with Crippen molar-refractivity contribution < 1.29 is 19.0 Å². The van der Waals surface area contributed by atoms with Crippen LogP contribution in [0.4, 0.5) is 0 Å². The molecule has 0 aromatic heterocycles. The molecule has 0 atom stereocenters. The largest absolute Gasteiger partial charge is 0.382 e. The molecule has 6 heteroatoms. The molecule has 0 rings (SSSR count). The van der Waals surface area contributed by atoms with Crippen molar-refractivity contribution in [1.82, 2.24) is 5.43 Å². The lowest BCUT2D eigenvalue weighted by molar-refractivity contribution is -0.121. The van der Waals surface area contributed by atoms with Crippen LogP contribution in [-0.4, -0.2) is 46.1 Å². The van der Waals surface area contributed by atoms with Gasteiger partial charge in [0.2, 0.25) is 5.91 Å². The van der Waals surface area contributed by atoms with Gasteiger partial charge in [-0.05, 0) is 12.8 Å². The highest BCUT2D eigenvalue weighted by molar-refractivity contribution is 5.74. The molecule has 1 amide bonds. The van der Waals surface area contributed by atoms with Gasteiger partial charge in [0.05, 0.1) is 26.4 Å². The highest BCUT2D eigenvalue weighted by Gasteiger charge is 1.97. The van der Waals surface area contributed by atoms with E-state index in [1.807, 2.05) is 0 Å². The van der Waals surface area contributed by atoms with E-state index >= 15 is 0 Å². The predicted molar refractivity (Wildman–Crippen MR) is 64.3 cm³/mol. The van der Waals surface area contributed by atoms with Crippen LogP contribution in [0.15, 0.2) is 0 Å². The fourth-order valence-corrected chi connectivity index (χ4v) is 1.20. The van der Waals surface area contributed by atoms with Crippen LogP contribution >= 0.6 is 0 Å². The van der Waals surface area contributed by atoms with Crippen molar-refractivity contribution in [2.45, 2.75) is 25.7 Å².